The van der Waals surface area contributed by atoms with Gasteiger partial charge in [-0.1, -0.05) is 121 Å². The molecule has 3 aromatic heterocycles. The van der Waals surface area contributed by atoms with E-state index in [0.717, 1.165) is 44.4 Å². The van der Waals surface area contributed by atoms with E-state index in [4.69, 9.17) is 9.97 Å². The number of benzene rings is 7. The molecular weight excluding hydrogens is 603 g/mol. The minimum absolute atomic E-state index is 0.711. The topological polar surface area (TPSA) is 30.7 Å². The summed E-state index contributed by atoms with van der Waals surface area (Å²) in [6.07, 6.45) is 0. The van der Waals surface area contributed by atoms with Crippen LogP contribution in [0.2, 0.25) is 0 Å². The first-order valence-corrected chi connectivity index (χ1v) is 17.0. The Labute approximate surface area is 281 Å². The quantitative estimate of drug-likeness (QED) is 0.194. The van der Waals surface area contributed by atoms with Gasteiger partial charge in [0.25, 0.3) is 0 Å². The highest BCUT2D eigenvalue weighted by Crippen LogP contribution is 2.41. The summed E-state index contributed by atoms with van der Waals surface area (Å²) >= 11 is 1.82. The minimum Gasteiger partial charge on any atom is -0.293 e. The number of hydrogen-bond donors (Lipinski definition) is 0. The fraction of sp³-hybridized carbons (Fsp3) is 0. The van der Waals surface area contributed by atoms with Crippen LogP contribution in [0.4, 0.5) is 0 Å². The van der Waals surface area contributed by atoms with Crippen LogP contribution in [0.15, 0.2) is 164 Å². The molecule has 4 heteroatoms. The number of para-hydroxylation sites is 2. The summed E-state index contributed by atoms with van der Waals surface area (Å²) in [5, 5.41) is 5.87. The van der Waals surface area contributed by atoms with Gasteiger partial charge < -0.3 is 0 Å². The van der Waals surface area contributed by atoms with Crippen LogP contribution in [-0.2, 0) is 0 Å². The lowest BCUT2D eigenvalue weighted by atomic mass is 9.98. The number of fused-ring (bicyclic) bond motifs is 8. The van der Waals surface area contributed by atoms with E-state index in [1.54, 1.807) is 0 Å². The first kappa shape index (κ1) is 27.1. The van der Waals surface area contributed by atoms with Crippen LogP contribution in [0, 0.1) is 0 Å². The zero-order valence-electron chi connectivity index (χ0n) is 25.8. The van der Waals surface area contributed by atoms with Gasteiger partial charge >= 0.3 is 0 Å². The maximum atomic E-state index is 5.44. The molecule has 0 aliphatic carbocycles. The molecule has 3 nitrogen and oxygen atoms in total. The lowest BCUT2D eigenvalue weighted by molar-refractivity contribution is 1.08. The average molecular weight is 630 g/mol. The molecule has 7 aromatic carbocycles. The highest BCUT2D eigenvalue weighted by atomic mass is 32.1. The van der Waals surface area contributed by atoms with Gasteiger partial charge in [0.05, 0.1) is 16.6 Å². The molecule has 10 aromatic rings. The lowest BCUT2D eigenvalue weighted by Crippen LogP contribution is -2.03. The number of hydrogen-bond acceptors (Lipinski definition) is 3. The predicted molar refractivity (Wildman–Crippen MR) is 203 cm³/mol. The maximum Gasteiger partial charge on any atom is 0.162 e. The SMILES string of the molecule is c1ccc(-c2cccc(-c3cccc(-c4nc(-n5c6ccccc6c6ccccc65)c5ccc6sc7ccccc7c6c5n4)c3)c2)cc1. The largest absolute Gasteiger partial charge is 0.293 e. The molecule has 0 N–H and O–H groups in total. The molecule has 0 spiro atoms. The second-order valence-electron chi connectivity index (χ2n) is 12.2. The third-order valence-electron chi connectivity index (χ3n) is 9.40. The van der Waals surface area contributed by atoms with Crippen molar-refractivity contribution in [2.45, 2.75) is 0 Å². The molecule has 0 fully saturated rings. The van der Waals surface area contributed by atoms with Gasteiger partial charge in [-0.3, -0.25) is 4.57 Å². The van der Waals surface area contributed by atoms with Crippen LogP contribution >= 0.6 is 11.3 Å². The summed E-state index contributed by atoms with van der Waals surface area (Å²) in [6.45, 7) is 0. The number of thiophene rings is 1. The van der Waals surface area contributed by atoms with Gasteiger partial charge in [0.2, 0.25) is 0 Å². The molecular formula is C44H27N3S. The van der Waals surface area contributed by atoms with Crippen molar-refractivity contribution in [2.24, 2.45) is 0 Å². The normalized spacial score (nSPS) is 11.8. The second kappa shape index (κ2) is 10.7. The first-order valence-electron chi connectivity index (χ1n) is 16.2. The molecule has 0 saturated heterocycles. The second-order valence-corrected chi connectivity index (χ2v) is 13.3. The van der Waals surface area contributed by atoms with Crippen molar-refractivity contribution in [2.75, 3.05) is 0 Å². The zero-order chi connectivity index (χ0) is 31.6. The number of rotatable bonds is 4. The van der Waals surface area contributed by atoms with E-state index in [1.807, 2.05) is 11.3 Å². The monoisotopic (exact) mass is 629 g/mol. The maximum absolute atomic E-state index is 5.44. The molecule has 0 aliphatic rings. The van der Waals surface area contributed by atoms with E-state index in [9.17, 15) is 0 Å². The van der Waals surface area contributed by atoms with Gasteiger partial charge in [0, 0.05) is 41.9 Å². The molecule has 0 radical (unpaired) electrons. The molecule has 0 unspecified atom stereocenters. The average Bonchev–Trinajstić information content (AvgIpc) is 3.71. The predicted octanol–water partition coefficient (Wildman–Crippen LogP) is 12.1. The van der Waals surface area contributed by atoms with Crippen LogP contribution in [0.5, 0.6) is 0 Å². The standard InChI is InChI=1S/C44H27N3S/c1-2-12-28(13-3-1)29-14-10-15-30(26-29)31-16-11-17-32(27-31)43-45-42-36(24-25-40-41(42)35-20-6-9-23-39(35)48-40)44(46-43)47-37-21-7-4-18-33(37)34-19-5-8-22-38(34)47/h1-27H. The third kappa shape index (κ3) is 4.20. The van der Waals surface area contributed by atoms with Crippen LogP contribution < -0.4 is 0 Å². The van der Waals surface area contributed by atoms with Gasteiger partial charge in [-0.2, -0.15) is 0 Å². The van der Waals surface area contributed by atoms with Crippen LogP contribution in [0.1, 0.15) is 0 Å². The van der Waals surface area contributed by atoms with Crippen molar-refractivity contribution in [3.05, 3.63) is 164 Å². The Morgan fingerprint density at radius 2 is 0.958 bits per heavy atom. The van der Waals surface area contributed by atoms with Crippen LogP contribution in [0.3, 0.4) is 0 Å². The summed E-state index contributed by atoms with van der Waals surface area (Å²) in [4.78, 5) is 10.8. The van der Waals surface area contributed by atoms with E-state index in [2.05, 4.69) is 168 Å². The molecule has 10 rings (SSSR count). The van der Waals surface area contributed by atoms with Gasteiger partial charge in [-0.05, 0) is 64.7 Å². The Morgan fingerprint density at radius 3 is 1.69 bits per heavy atom. The highest BCUT2D eigenvalue weighted by molar-refractivity contribution is 7.26. The molecule has 3 heterocycles. The fourth-order valence-corrected chi connectivity index (χ4v) is 8.29. The van der Waals surface area contributed by atoms with Gasteiger partial charge in [-0.25, -0.2) is 9.97 Å². The van der Waals surface area contributed by atoms with Crippen molar-refractivity contribution in [3.8, 4) is 39.5 Å². The number of nitrogens with zero attached hydrogens (tertiary/aromatic N) is 3. The summed E-state index contributed by atoms with van der Waals surface area (Å²) in [7, 11) is 0. The van der Waals surface area contributed by atoms with Crippen molar-refractivity contribution in [1.82, 2.24) is 14.5 Å². The lowest BCUT2D eigenvalue weighted by Gasteiger charge is -2.14. The van der Waals surface area contributed by atoms with Gasteiger partial charge in [0.15, 0.2) is 5.82 Å². The molecule has 0 bridgehead atoms. The summed E-state index contributed by atoms with van der Waals surface area (Å²) < 4.78 is 4.82. The summed E-state index contributed by atoms with van der Waals surface area (Å²) in [6, 6.07) is 58.3. The van der Waals surface area contributed by atoms with Crippen LogP contribution in [-0.4, -0.2) is 14.5 Å². The molecule has 0 saturated carbocycles. The van der Waals surface area contributed by atoms with Crippen molar-refractivity contribution < 1.29 is 0 Å². The van der Waals surface area contributed by atoms with E-state index >= 15 is 0 Å². The Kier molecular flexibility index (Phi) is 6.05. The third-order valence-corrected chi connectivity index (χ3v) is 10.5. The van der Waals surface area contributed by atoms with E-state index < -0.39 is 0 Å². The van der Waals surface area contributed by atoms with Crippen molar-refractivity contribution in [1.29, 1.82) is 0 Å². The Hall–Kier alpha value is -6.10. The van der Waals surface area contributed by atoms with Crippen molar-refractivity contribution >= 4 is 64.2 Å². The zero-order valence-corrected chi connectivity index (χ0v) is 26.7. The molecule has 0 atom stereocenters. The Morgan fingerprint density at radius 1 is 0.396 bits per heavy atom. The van der Waals surface area contributed by atoms with Crippen molar-refractivity contribution in [3.63, 3.8) is 0 Å². The first-order chi connectivity index (χ1) is 23.8. The van der Waals surface area contributed by atoms with Crippen LogP contribution in [0.25, 0.3) is 92.3 Å². The fourth-order valence-electron chi connectivity index (χ4n) is 7.18. The van der Waals surface area contributed by atoms with E-state index in [0.29, 0.717) is 5.82 Å². The Balaban J connectivity index is 1.26. The molecule has 48 heavy (non-hydrogen) atoms. The van der Waals surface area contributed by atoms with E-state index in [1.165, 1.54) is 42.1 Å². The van der Waals surface area contributed by atoms with Gasteiger partial charge in [0.1, 0.15) is 5.82 Å². The number of aromatic nitrogens is 3. The summed E-state index contributed by atoms with van der Waals surface area (Å²) in [5.41, 5.74) is 8.91. The molecule has 0 aliphatic heterocycles. The Bertz CT molecular complexity index is 2790. The molecule has 0 amide bonds. The molecule has 224 valence electrons. The van der Waals surface area contributed by atoms with E-state index in [-0.39, 0.29) is 0 Å². The minimum atomic E-state index is 0.711. The summed E-state index contributed by atoms with van der Waals surface area (Å²) in [5.74, 6) is 1.60. The smallest absolute Gasteiger partial charge is 0.162 e. The van der Waals surface area contributed by atoms with Gasteiger partial charge in [-0.15, -0.1) is 11.3 Å². The highest BCUT2D eigenvalue weighted by Gasteiger charge is 2.20.